The Hall–Kier alpha value is -2.84. The molecule has 0 saturated heterocycles. The van der Waals surface area contributed by atoms with E-state index in [1.165, 1.54) is 25.1 Å². The number of hydrogen-bond acceptors (Lipinski definition) is 4. The Morgan fingerprint density at radius 1 is 1.08 bits per heavy atom. The van der Waals surface area contributed by atoms with Gasteiger partial charge in [0.25, 0.3) is 11.8 Å². The van der Waals surface area contributed by atoms with E-state index in [0.717, 1.165) is 0 Å². The zero-order chi connectivity index (χ0) is 18.3. The molecule has 0 unspecified atom stereocenters. The van der Waals surface area contributed by atoms with Crippen LogP contribution in [0.3, 0.4) is 0 Å². The van der Waals surface area contributed by atoms with E-state index in [1.54, 1.807) is 19.9 Å². The first kappa shape index (κ1) is 19.2. The number of halogens is 1. The minimum atomic E-state index is -1.05. The quantitative estimate of drug-likeness (QED) is 0.561. The number of urea groups is 1. The number of carbonyl (C=O) groups is 3. The van der Waals surface area contributed by atoms with E-state index in [4.69, 9.17) is 10.5 Å². The summed E-state index contributed by atoms with van der Waals surface area (Å²) in [5, 5.41) is 2.27. The van der Waals surface area contributed by atoms with Crippen molar-refractivity contribution in [2.45, 2.75) is 32.9 Å². The molecule has 0 saturated carbocycles. The Labute approximate surface area is 138 Å². The Kier molecular flexibility index (Phi) is 6.97. The van der Waals surface area contributed by atoms with Gasteiger partial charge in [-0.15, -0.1) is 0 Å². The molecule has 0 aromatic heterocycles. The van der Waals surface area contributed by atoms with Gasteiger partial charge in [0.05, 0.1) is 0 Å². The fourth-order valence-corrected chi connectivity index (χ4v) is 1.78. The van der Waals surface area contributed by atoms with E-state index in [-0.39, 0.29) is 11.7 Å². The Morgan fingerprint density at radius 2 is 1.67 bits per heavy atom. The van der Waals surface area contributed by atoms with Crippen molar-refractivity contribution >= 4 is 17.8 Å². The van der Waals surface area contributed by atoms with Gasteiger partial charge in [0, 0.05) is 0 Å². The van der Waals surface area contributed by atoms with Gasteiger partial charge in [-0.1, -0.05) is 26.0 Å². The smallest absolute Gasteiger partial charge is 0.312 e. The maximum atomic E-state index is 13.5. The number of carbonyl (C=O) groups excluding carboxylic acids is 3. The summed E-state index contributed by atoms with van der Waals surface area (Å²) < 4.78 is 18.6. The molecule has 24 heavy (non-hydrogen) atoms. The van der Waals surface area contributed by atoms with Crippen LogP contribution in [0, 0.1) is 11.7 Å². The summed E-state index contributed by atoms with van der Waals surface area (Å²) in [4.78, 5) is 34.7. The number of nitrogens with two attached hydrogens (primary N) is 1. The molecule has 132 valence electrons. The van der Waals surface area contributed by atoms with Gasteiger partial charge in [0.2, 0.25) is 0 Å². The van der Waals surface area contributed by atoms with Gasteiger partial charge >= 0.3 is 6.03 Å². The molecule has 1 aromatic rings. The van der Waals surface area contributed by atoms with Crippen molar-refractivity contribution < 1.29 is 23.5 Å². The molecule has 8 nitrogen and oxygen atoms in total. The fourth-order valence-electron chi connectivity index (χ4n) is 1.78. The first-order chi connectivity index (χ1) is 11.2. The number of hydrogen-bond donors (Lipinski definition) is 4. The second-order valence-corrected chi connectivity index (χ2v) is 5.40. The van der Waals surface area contributed by atoms with Crippen LogP contribution in [0.15, 0.2) is 24.3 Å². The minimum Gasteiger partial charge on any atom is -0.478 e. The summed E-state index contributed by atoms with van der Waals surface area (Å²) >= 11 is 0. The summed E-state index contributed by atoms with van der Waals surface area (Å²) in [7, 11) is 0. The number of ether oxygens (including phenoxy) is 1. The van der Waals surface area contributed by atoms with Gasteiger partial charge in [0.1, 0.15) is 6.04 Å². The molecule has 0 spiro atoms. The maximum Gasteiger partial charge on any atom is 0.312 e. The zero-order valence-electron chi connectivity index (χ0n) is 13.6. The topological polar surface area (TPSA) is 123 Å². The molecule has 1 aromatic carbocycles. The number of primary amides is 1. The lowest BCUT2D eigenvalue weighted by atomic mass is 10.0. The summed E-state index contributed by atoms with van der Waals surface area (Å²) in [5.74, 6) is -2.27. The highest BCUT2D eigenvalue weighted by Crippen LogP contribution is 2.16. The molecule has 0 radical (unpaired) electrons. The molecule has 0 aliphatic heterocycles. The minimum absolute atomic E-state index is 0.0815. The van der Waals surface area contributed by atoms with Crippen molar-refractivity contribution in [3.05, 3.63) is 30.1 Å². The fraction of sp³-hybridized carbons (Fsp3) is 0.400. The number of para-hydroxylation sites is 1. The first-order valence-corrected chi connectivity index (χ1v) is 7.29. The van der Waals surface area contributed by atoms with Gasteiger partial charge in [-0.05, 0) is 25.0 Å². The molecule has 2 atom stereocenters. The third-order valence-electron chi connectivity index (χ3n) is 3.07. The third kappa shape index (κ3) is 5.75. The Morgan fingerprint density at radius 3 is 2.21 bits per heavy atom. The number of amides is 4. The average Bonchev–Trinajstić information content (AvgIpc) is 2.51. The van der Waals surface area contributed by atoms with Crippen molar-refractivity contribution in [2.75, 3.05) is 0 Å². The van der Waals surface area contributed by atoms with Crippen LogP contribution < -0.4 is 26.6 Å². The van der Waals surface area contributed by atoms with Gasteiger partial charge in [-0.3, -0.25) is 20.4 Å². The molecule has 0 bridgehead atoms. The van der Waals surface area contributed by atoms with Crippen LogP contribution >= 0.6 is 0 Å². The maximum absolute atomic E-state index is 13.5. The van der Waals surface area contributed by atoms with Crippen molar-refractivity contribution in [2.24, 2.45) is 11.7 Å². The van der Waals surface area contributed by atoms with Gasteiger partial charge in [-0.25, -0.2) is 9.18 Å². The normalized spacial score (nSPS) is 12.9. The lowest BCUT2D eigenvalue weighted by molar-refractivity contribution is -0.133. The molecular formula is C15H21FN4O4. The van der Waals surface area contributed by atoms with E-state index in [9.17, 15) is 18.8 Å². The standard InChI is InChI=1S/C15H21FN4O4/c1-8(2)12(18-15(17)23)14(22)20-19-13(21)9(3)24-11-7-5-4-6-10(11)16/h4-9,12H,1-3H3,(H,19,21)(H,20,22)(H3,17,18,23)/t9-,12+/m1/s1. The predicted octanol–water partition coefficient (Wildman–Crippen LogP) is 0.433. The lowest BCUT2D eigenvalue weighted by Gasteiger charge is -2.21. The van der Waals surface area contributed by atoms with Crippen LogP contribution in [0.2, 0.25) is 0 Å². The van der Waals surface area contributed by atoms with E-state index in [1.807, 2.05) is 0 Å². The molecule has 0 aliphatic carbocycles. The van der Waals surface area contributed by atoms with Crippen molar-refractivity contribution in [3.8, 4) is 5.75 Å². The zero-order valence-corrected chi connectivity index (χ0v) is 13.6. The molecule has 0 heterocycles. The molecular weight excluding hydrogens is 319 g/mol. The van der Waals surface area contributed by atoms with Crippen molar-refractivity contribution in [1.29, 1.82) is 0 Å². The van der Waals surface area contributed by atoms with Gasteiger partial charge < -0.3 is 15.8 Å². The SMILES string of the molecule is CC(C)[C@H](NC(N)=O)C(=O)NNC(=O)[C@@H](C)Oc1ccccc1F. The van der Waals surface area contributed by atoms with Crippen LogP contribution in [-0.4, -0.2) is 30.0 Å². The van der Waals surface area contributed by atoms with E-state index in [0.29, 0.717) is 0 Å². The monoisotopic (exact) mass is 340 g/mol. The highest BCUT2D eigenvalue weighted by molar-refractivity contribution is 5.89. The molecule has 0 fully saturated rings. The Balaban J connectivity index is 2.56. The first-order valence-electron chi connectivity index (χ1n) is 7.29. The molecule has 4 amide bonds. The van der Waals surface area contributed by atoms with Gasteiger partial charge in [0.15, 0.2) is 17.7 Å². The molecule has 1 rings (SSSR count). The summed E-state index contributed by atoms with van der Waals surface area (Å²) in [5.41, 5.74) is 9.32. The predicted molar refractivity (Wildman–Crippen MR) is 84.1 cm³/mol. The number of hydrazine groups is 1. The van der Waals surface area contributed by atoms with E-state index < -0.39 is 35.8 Å². The summed E-state index contributed by atoms with van der Waals surface area (Å²) in [6.07, 6.45) is -1.05. The van der Waals surface area contributed by atoms with E-state index in [2.05, 4.69) is 16.2 Å². The van der Waals surface area contributed by atoms with Gasteiger partial charge in [-0.2, -0.15) is 0 Å². The molecule has 0 aliphatic rings. The summed E-state index contributed by atoms with van der Waals surface area (Å²) in [6, 6.07) is 3.86. The lowest BCUT2D eigenvalue weighted by Crippen LogP contribution is -2.56. The van der Waals surface area contributed by atoms with Crippen LogP contribution in [-0.2, 0) is 9.59 Å². The summed E-state index contributed by atoms with van der Waals surface area (Å²) in [6.45, 7) is 4.80. The third-order valence-corrected chi connectivity index (χ3v) is 3.07. The Bertz CT molecular complexity index is 609. The molecule has 9 heteroatoms. The largest absolute Gasteiger partial charge is 0.478 e. The van der Waals surface area contributed by atoms with Crippen LogP contribution in [0.25, 0.3) is 0 Å². The second kappa shape index (κ2) is 8.70. The van der Waals surface area contributed by atoms with Crippen LogP contribution in [0.1, 0.15) is 20.8 Å². The van der Waals surface area contributed by atoms with Crippen molar-refractivity contribution in [1.82, 2.24) is 16.2 Å². The van der Waals surface area contributed by atoms with Crippen LogP contribution in [0.5, 0.6) is 5.75 Å². The number of benzene rings is 1. The highest BCUT2D eigenvalue weighted by Gasteiger charge is 2.24. The molecule has 5 N–H and O–H groups in total. The van der Waals surface area contributed by atoms with Crippen LogP contribution in [0.4, 0.5) is 9.18 Å². The highest BCUT2D eigenvalue weighted by atomic mass is 19.1. The number of rotatable bonds is 6. The number of nitrogens with one attached hydrogen (secondary N) is 3. The van der Waals surface area contributed by atoms with E-state index >= 15 is 0 Å². The average molecular weight is 340 g/mol. The van der Waals surface area contributed by atoms with Crippen molar-refractivity contribution in [3.63, 3.8) is 0 Å². The second-order valence-electron chi connectivity index (χ2n) is 5.40.